The van der Waals surface area contributed by atoms with E-state index in [4.69, 9.17) is 21.4 Å². The van der Waals surface area contributed by atoms with E-state index < -0.39 is 30.3 Å². The van der Waals surface area contributed by atoms with Gasteiger partial charge in [0.2, 0.25) is 0 Å². The van der Waals surface area contributed by atoms with Crippen LogP contribution in [0.5, 0.6) is 5.75 Å². The molecule has 1 heterocycles. The quantitative estimate of drug-likeness (QED) is 0.485. The fourth-order valence-electron chi connectivity index (χ4n) is 2.57. The summed E-state index contributed by atoms with van der Waals surface area (Å²) in [7, 11) is 0. The van der Waals surface area contributed by atoms with Crippen molar-refractivity contribution in [2.75, 3.05) is 11.9 Å². The zero-order chi connectivity index (χ0) is 21.8. The predicted molar refractivity (Wildman–Crippen MR) is 109 cm³/mol. The molecule has 10 heteroatoms. The van der Waals surface area contributed by atoms with Gasteiger partial charge in [-0.2, -0.15) is 0 Å². The molecule has 0 aliphatic rings. The van der Waals surface area contributed by atoms with Gasteiger partial charge in [-0.1, -0.05) is 35.9 Å². The third kappa shape index (κ3) is 4.58. The number of hydrogen-bond acceptors (Lipinski definition) is 5. The normalized spacial score (nSPS) is 10.5. The molecule has 0 radical (unpaired) electrons. The van der Waals surface area contributed by atoms with Gasteiger partial charge in [0, 0.05) is 5.69 Å². The molecule has 3 N–H and O–H groups in total. The average molecular weight is 450 g/mol. The molecule has 0 aliphatic heterocycles. The highest BCUT2D eigenvalue weighted by Gasteiger charge is 2.25. The zero-order valence-electron chi connectivity index (χ0n) is 15.0. The number of ether oxygens (including phenoxy) is 1. The summed E-state index contributed by atoms with van der Waals surface area (Å²) in [4.78, 5) is 34.6. The molecule has 0 aliphatic carbocycles. The van der Waals surface area contributed by atoms with E-state index in [-0.39, 0.29) is 21.2 Å². The van der Waals surface area contributed by atoms with Crippen molar-refractivity contribution in [2.24, 2.45) is 0 Å². The monoisotopic (exact) mass is 449 g/mol. The van der Waals surface area contributed by atoms with Crippen molar-refractivity contribution in [1.29, 1.82) is 0 Å². The molecule has 1 amide bonds. The number of carboxylic acids is 2. The van der Waals surface area contributed by atoms with Crippen molar-refractivity contribution in [3.8, 4) is 16.2 Å². The van der Waals surface area contributed by atoms with Gasteiger partial charge in [0.05, 0.1) is 10.4 Å². The van der Waals surface area contributed by atoms with Crippen LogP contribution in [0.1, 0.15) is 20.0 Å². The maximum absolute atomic E-state index is 13.8. The number of halogens is 2. The minimum absolute atomic E-state index is 0.0590. The van der Waals surface area contributed by atoms with E-state index in [1.54, 1.807) is 18.2 Å². The Balaban J connectivity index is 1.93. The maximum Gasteiger partial charge on any atom is 0.349 e. The predicted octanol–water partition coefficient (Wildman–Crippen LogP) is 4.62. The number of amides is 1. The van der Waals surface area contributed by atoms with Gasteiger partial charge in [0.15, 0.2) is 17.2 Å². The number of aliphatic carboxylic acids is 1. The number of carboxylic acid groups (broad SMARTS) is 2. The second kappa shape index (κ2) is 8.93. The molecule has 0 bridgehead atoms. The molecule has 30 heavy (non-hydrogen) atoms. The van der Waals surface area contributed by atoms with Crippen LogP contribution in [0.3, 0.4) is 0 Å². The number of carbonyl (C=O) groups is 3. The van der Waals surface area contributed by atoms with Gasteiger partial charge in [-0.25, -0.2) is 14.0 Å². The molecular weight excluding hydrogens is 437 g/mol. The standard InChI is InChI=1S/C20H13ClFNO6S/c21-15-16(29-9-14(24)25)18(20(27)28)30-17(15)10-4-3-5-11(8-10)23-19(26)12-6-1-2-7-13(12)22/h1-8H,9H2,(H,23,26)(H,24,25)(H,27,28). The van der Waals surface area contributed by atoms with Gasteiger partial charge in [-0.05, 0) is 29.8 Å². The van der Waals surface area contributed by atoms with Gasteiger partial charge in [0.25, 0.3) is 5.91 Å². The van der Waals surface area contributed by atoms with E-state index in [9.17, 15) is 23.9 Å². The van der Waals surface area contributed by atoms with Crippen LogP contribution >= 0.6 is 22.9 Å². The first kappa shape index (κ1) is 21.3. The van der Waals surface area contributed by atoms with Crippen molar-refractivity contribution in [3.05, 3.63) is 69.8 Å². The second-order valence-corrected chi connectivity index (χ2v) is 7.30. The van der Waals surface area contributed by atoms with Gasteiger partial charge in [0.1, 0.15) is 10.8 Å². The minimum Gasteiger partial charge on any atom is -0.479 e. The SMILES string of the molecule is O=C(O)COc1c(C(=O)O)sc(-c2cccc(NC(=O)c3ccccc3F)c2)c1Cl. The summed E-state index contributed by atoms with van der Waals surface area (Å²) in [6.45, 7) is -0.755. The summed E-state index contributed by atoms with van der Waals surface area (Å²) < 4.78 is 18.8. The lowest BCUT2D eigenvalue weighted by Crippen LogP contribution is -2.13. The van der Waals surface area contributed by atoms with E-state index in [0.717, 1.165) is 11.3 Å². The Morgan fingerprint density at radius 1 is 1.10 bits per heavy atom. The molecule has 0 saturated carbocycles. The van der Waals surface area contributed by atoms with Crippen LogP contribution in [-0.2, 0) is 4.79 Å². The molecule has 0 saturated heterocycles. The molecule has 0 fully saturated rings. The summed E-state index contributed by atoms with van der Waals surface area (Å²) in [5.74, 6) is -4.17. The molecule has 1 aromatic heterocycles. The van der Waals surface area contributed by atoms with Crippen molar-refractivity contribution in [3.63, 3.8) is 0 Å². The molecule has 0 atom stereocenters. The fraction of sp³-hybridized carbons (Fsp3) is 0.0500. The Kier molecular flexibility index (Phi) is 6.34. The van der Waals surface area contributed by atoms with Crippen LogP contribution in [0.15, 0.2) is 48.5 Å². The number of carbonyl (C=O) groups excluding carboxylic acids is 1. The molecule has 3 aromatic rings. The van der Waals surface area contributed by atoms with Crippen molar-refractivity contribution >= 4 is 46.5 Å². The van der Waals surface area contributed by atoms with Crippen LogP contribution in [0, 0.1) is 5.82 Å². The lowest BCUT2D eigenvalue weighted by atomic mass is 10.1. The second-order valence-electron chi connectivity index (χ2n) is 5.91. The molecular formula is C20H13ClFNO6S. The minimum atomic E-state index is -1.32. The molecule has 2 aromatic carbocycles. The lowest BCUT2D eigenvalue weighted by Gasteiger charge is -2.08. The number of benzene rings is 2. The van der Waals surface area contributed by atoms with Crippen LogP contribution in [-0.4, -0.2) is 34.7 Å². The van der Waals surface area contributed by atoms with Crippen LogP contribution in [0.2, 0.25) is 5.02 Å². The lowest BCUT2D eigenvalue weighted by molar-refractivity contribution is -0.139. The maximum atomic E-state index is 13.8. The smallest absolute Gasteiger partial charge is 0.349 e. The fourth-order valence-corrected chi connectivity index (χ4v) is 3.97. The van der Waals surface area contributed by atoms with Crippen molar-refractivity contribution < 1.29 is 33.7 Å². The number of thiophene rings is 1. The Labute approximate surface area is 178 Å². The van der Waals surface area contributed by atoms with Gasteiger partial charge < -0.3 is 20.3 Å². The Morgan fingerprint density at radius 2 is 1.83 bits per heavy atom. The molecule has 7 nitrogen and oxygen atoms in total. The summed E-state index contributed by atoms with van der Waals surface area (Å²) in [5.41, 5.74) is 0.661. The van der Waals surface area contributed by atoms with Gasteiger partial charge >= 0.3 is 11.9 Å². The Morgan fingerprint density at radius 3 is 2.50 bits per heavy atom. The van der Waals surface area contributed by atoms with Crippen molar-refractivity contribution in [1.82, 2.24) is 0 Å². The Bertz CT molecular complexity index is 1150. The van der Waals surface area contributed by atoms with Crippen LogP contribution < -0.4 is 10.1 Å². The highest BCUT2D eigenvalue weighted by molar-refractivity contribution is 7.18. The highest BCUT2D eigenvalue weighted by atomic mass is 35.5. The number of aromatic carboxylic acids is 1. The van der Waals surface area contributed by atoms with E-state index in [1.165, 1.54) is 30.3 Å². The third-order valence-corrected chi connectivity index (χ3v) is 5.53. The largest absolute Gasteiger partial charge is 0.479 e. The third-order valence-electron chi connectivity index (χ3n) is 3.84. The zero-order valence-corrected chi connectivity index (χ0v) is 16.6. The highest BCUT2D eigenvalue weighted by Crippen LogP contribution is 2.45. The van der Waals surface area contributed by atoms with Crippen LogP contribution in [0.4, 0.5) is 10.1 Å². The number of anilines is 1. The molecule has 154 valence electrons. The number of nitrogens with one attached hydrogen (secondary N) is 1. The summed E-state index contributed by atoms with van der Waals surface area (Å²) in [6.07, 6.45) is 0. The first-order valence-electron chi connectivity index (χ1n) is 8.34. The number of rotatable bonds is 7. The molecule has 3 rings (SSSR count). The molecule has 0 spiro atoms. The van der Waals surface area contributed by atoms with E-state index in [2.05, 4.69) is 5.32 Å². The Hall–Kier alpha value is -3.43. The van der Waals surface area contributed by atoms with E-state index >= 15 is 0 Å². The van der Waals surface area contributed by atoms with E-state index in [0.29, 0.717) is 16.1 Å². The van der Waals surface area contributed by atoms with Gasteiger partial charge in [-0.3, -0.25) is 4.79 Å². The van der Waals surface area contributed by atoms with Crippen molar-refractivity contribution in [2.45, 2.75) is 0 Å². The first-order chi connectivity index (χ1) is 14.3. The van der Waals surface area contributed by atoms with E-state index in [1.807, 2.05) is 0 Å². The first-order valence-corrected chi connectivity index (χ1v) is 9.54. The number of hydrogen-bond donors (Lipinski definition) is 3. The van der Waals surface area contributed by atoms with Gasteiger partial charge in [-0.15, -0.1) is 11.3 Å². The average Bonchev–Trinajstić information content (AvgIpc) is 3.03. The summed E-state index contributed by atoms with van der Waals surface area (Å²) in [6, 6.07) is 11.8. The summed E-state index contributed by atoms with van der Waals surface area (Å²) in [5, 5.41) is 20.7. The topological polar surface area (TPSA) is 113 Å². The molecule has 0 unspecified atom stereocenters. The van der Waals surface area contributed by atoms with Crippen LogP contribution in [0.25, 0.3) is 10.4 Å². The summed E-state index contributed by atoms with van der Waals surface area (Å²) >= 11 is 7.06.